The maximum Gasteiger partial charge on any atom is 0.305 e. The number of ether oxygens (including phenoxy) is 1. The Morgan fingerprint density at radius 3 is 2.64 bits per heavy atom. The summed E-state index contributed by atoms with van der Waals surface area (Å²) in [4.78, 5) is 59.9. The predicted octanol–water partition coefficient (Wildman–Crippen LogP) is 1.57. The highest BCUT2D eigenvalue weighted by Gasteiger charge is 2.48. The summed E-state index contributed by atoms with van der Waals surface area (Å²) in [5.74, 6) is -1.52. The van der Waals surface area contributed by atoms with Crippen LogP contribution < -0.4 is 16.8 Å². The van der Waals surface area contributed by atoms with Crippen LogP contribution in [0.1, 0.15) is 49.3 Å². The molecule has 0 spiro atoms. The zero-order chi connectivity index (χ0) is 28.4. The van der Waals surface area contributed by atoms with Crippen LogP contribution >= 0.6 is 11.8 Å². The van der Waals surface area contributed by atoms with Gasteiger partial charge in [0.15, 0.2) is 11.7 Å². The zero-order valence-corrected chi connectivity index (χ0v) is 22.6. The van der Waals surface area contributed by atoms with Gasteiger partial charge in [-0.15, -0.1) is 11.8 Å². The van der Waals surface area contributed by atoms with Crippen molar-refractivity contribution in [2.24, 2.45) is 21.6 Å². The van der Waals surface area contributed by atoms with E-state index < -0.39 is 35.9 Å². The number of fused-ring (bicyclic) bond motifs is 1. The van der Waals surface area contributed by atoms with E-state index in [9.17, 15) is 19.2 Å². The molecule has 2 aliphatic heterocycles. The zero-order valence-electron chi connectivity index (χ0n) is 21.8. The number of carbonyl (C=O) groups is 4. The fraction of sp³-hybridized carbons (Fsp3) is 0.560. The molecule has 2 saturated heterocycles. The number of aliphatic imine (C=N–C) groups is 1. The van der Waals surface area contributed by atoms with Crippen molar-refractivity contribution < 1.29 is 23.9 Å². The molecule has 5 N–H and O–H groups in total. The minimum atomic E-state index is -0.903. The first-order valence-corrected chi connectivity index (χ1v) is 13.8. The second-order valence-electron chi connectivity index (χ2n) is 9.34. The van der Waals surface area contributed by atoms with Gasteiger partial charge in [0.1, 0.15) is 12.1 Å². The third-order valence-electron chi connectivity index (χ3n) is 6.83. The monoisotopic (exact) mass is 558 g/mol. The smallest absolute Gasteiger partial charge is 0.305 e. The van der Waals surface area contributed by atoms with Gasteiger partial charge >= 0.3 is 5.97 Å². The fourth-order valence-corrected chi connectivity index (χ4v) is 6.45. The van der Waals surface area contributed by atoms with Gasteiger partial charge in [0.05, 0.1) is 24.8 Å². The van der Waals surface area contributed by atoms with Gasteiger partial charge in [-0.1, -0.05) is 35.4 Å². The Balaban J connectivity index is 1.81. The van der Waals surface area contributed by atoms with Crippen molar-refractivity contribution in [2.75, 3.05) is 19.4 Å². The molecule has 0 aromatic heterocycles. The molecule has 0 aliphatic carbocycles. The number of carbonyl (C=O) groups excluding carboxylic acids is 4. The van der Waals surface area contributed by atoms with Gasteiger partial charge in [0.2, 0.25) is 11.8 Å². The van der Waals surface area contributed by atoms with Crippen molar-refractivity contribution in [3.63, 3.8) is 0 Å². The van der Waals surface area contributed by atoms with Crippen molar-refractivity contribution in [1.29, 1.82) is 0 Å². The number of guanidine groups is 1. The summed E-state index contributed by atoms with van der Waals surface area (Å²) in [7, 11) is 1.24. The van der Waals surface area contributed by atoms with Gasteiger partial charge in [-0.25, -0.2) is 0 Å². The number of hydrogen-bond donors (Lipinski definition) is 3. The average Bonchev–Trinajstić information content (AvgIpc) is 2.94. The number of Topliss-reactive ketones (excluding diaryl/α,β-unsaturated/α-hetero) is 1. The lowest BCUT2D eigenvalue weighted by molar-refractivity contribution is -0.147. The van der Waals surface area contributed by atoms with Gasteiger partial charge in [0.25, 0.3) is 0 Å². The number of thioether (sulfide) groups is 1. The minimum Gasteiger partial charge on any atom is -0.469 e. The lowest BCUT2D eigenvalue weighted by atomic mass is 9.90. The van der Waals surface area contributed by atoms with Crippen LogP contribution in [0.5, 0.6) is 0 Å². The topological polar surface area (TPSA) is 206 Å². The van der Waals surface area contributed by atoms with Crippen molar-refractivity contribution >= 4 is 41.3 Å². The van der Waals surface area contributed by atoms with Crippen molar-refractivity contribution in [1.82, 2.24) is 10.2 Å². The van der Waals surface area contributed by atoms with Gasteiger partial charge in [-0.05, 0) is 36.8 Å². The van der Waals surface area contributed by atoms with Gasteiger partial charge in [-0.3, -0.25) is 24.2 Å². The number of azide groups is 1. The summed E-state index contributed by atoms with van der Waals surface area (Å²) in [5, 5.41) is 6.43. The van der Waals surface area contributed by atoms with Crippen molar-refractivity contribution in [3.05, 3.63) is 46.3 Å². The normalized spacial score (nSPS) is 23.0. The highest BCUT2D eigenvalue weighted by molar-refractivity contribution is 7.99. The molecular weight excluding hydrogens is 524 g/mol. The van der Waals surface area contributed by atoms with Crippen LogP contribution in [-0.4, -0.2) is 78.0 Å². The highest BCUT2D eigenvalue weighted by Crippen LogP contribution is 2.45. The molecule has 2 aliphatic rings. The van der Waals surface area contributed by atoms with Crippen LogP contribution in [0, 0.1) is 0 Å². The molecule has 3 rings (SSSR count). The molecule has 13 nitrogen and oxygen atoms in total. The predicted molar refractivity (Wildman–Crippen MR) is 146 cm³/mol. The van der Waals surface area contributed by atoms with E-state index in [1.54, 1.807) is 16.7 Å². The molecule has 0 radical (unpaired) electrons. The number of nitrogens with one attached hydrogen (secondary N) is 1. The second kappa shape index (κ2) is 14.4. The van der Waals surface area contributed by atoms with E-state index in [-0.39, 0.29) is 48.8 Å². The van der Waals surface area contributed by atoms with E-state index in [2.05, 4.69) is 25.1 Å². The Morgan fingerprint density at radius 2 is 1.97 bits per heavy atom. The van der Waals surface area contributed by atoms with Crippen LogP contribution in [0.3, 0.4) is 0 Å². The number of methoxy groups -OCH3 is 1. The van der Waals surface area contributed by atoms with Crippen molar-refractivity contribution in [3.8, 4) is 0 Å². The third kappa shape index (κ3) is 7.87. The first-order valence-electron chi connectivity index (χ1n) is 12.7. The van der Waals surface area contributed by atoms with E-state index in [0.717, 1.165) is 5.56 Å². The molecule has 2 heterocycles. The first-order chi connectivity index (χ1) is 18.8. The number of rotatable bonds is 12. The number of nitrogens with two attached hydrogens (primary N) is 2. The minimum absolute atomic E-state index is 0.0525. The summed E-state index contributed by atoms with van der Waals surface area (Å²) in [6.45, 7) is 0.261. The maximum absolute atomic E-state index is 13.6. The molecule has 2 amide bonds. The van der Waals surface area contributed by atoms with Crippen LogP contribution in [0.2, 0.25) is 0 Å². The molecule has 0 saturated carbocycles. The average molecular weight is 559 g/mol. The Kier molecular flexibility index (Phi) is 11.0. The summed E-state index contributed by atoms with van der Waals surface area (Å²) in [6.07, 6.45) is 1.38. The number of esters is 1. The van der Waals surface area contributed by atoms with Gasteiger partial charge < -0.3 is 26.4 Å². The third-order valence-corrected chi connectivity index (χ3v) is 8.28. The Morgan fingerprint density at radius 1 is 1.23 bits per heavy atom. The highest BCUT2D eigenvalue weighted by atomic mass is 32.2. The van der Waals surface area contributed by atoms with E-state index >= 15 is 0 Å². The number of hydrogen-bond acceptors (Lipinski definition) is 8. The van der Waals surface area contributed by atoms with E-state index in [4.69, 9.17) is 17.0 Å². The van der Waals surface area contributed by atoms with Gasteiger partial charge in [0, 0.05) is 29.7 Å². The summed E-state index contributed by atoms with van der Waals surface area (Å²) in [6, 6.07) is 6.82. The SMILES string of the molecule is COC(=O)CCC(=O)C(CCCN=C(N)N)NC(=O)C1CSC(c2ccccc2)C2CCC(N=[N+]=[N-])C(=O)N12. The van der Waals surface area contributed by atoms with Crippen LogP contribution in [0.4, 0.5) is 0 Å². The van der Waals surface area contributed by atoms with Crippen molar-refractivity contribution in [2.45, 2.75) is 67.9 Å². The lowest BCUT2D eigenvalue weighted by Crippen LogP contribution is -2.64. The molecule has 210 valence electrons. The van der Waals surface area contributed by atoms with Gasteiger partial charge in [-0.2, -0.15) is 0 Å². The van der Waals surface area contributed by atoms with E-state index in [1.165, 1.54) is 7.11 Å². The standard InChI is InChI=1S/C25H34N8O5S/c1-38-21(35)12-11-20(34)16(8-5-13-29-25(26)27)30-23(36)19-14-39-22(15-6-3-2-4-7-15)18-10-9-17(31-32-28)24(37)33(18)19/h2-4,6-7,16-19,22H,5,8-14H2,1H3,(H,30,36)(H4,26,27,29). The Labute approximate surface area is 230 Å². The number of nitrogens with zero attached hydrogens (tertiary/aromatic N) is 5. The number of piperidine rings is 1. The van der Waals surface area contributed by atoms with E-state index in [0.29, 0.717) is 25.0 Å². The maximum atomic E-state index is 13.6. The Hall–Kier alpha value is -3.77. The molecule has 5 atom stereocenters. The molecule has 1 aromatic carbocycles. The van der Waals surface area contributed by atoms with Crippen LogP contribution in [-0.2, 0) is 23.9 Å². The molecule has 14 heteroatoms. The number of benzene rings is 1. The molecule has 1 aromatic rings. The van der Waals surface area contributed by atoms with Crippen LogP contribution in [0.15, 0.2) is 40.4 Å². The van der Waals surface area contributed by atoms with Crippen LogP contribution in [0.25, 0.3) is 10.4 Å². The quantitative estimate of drug-likeness (QED) is 0.0651. The molecule has 0 bridgehead atoms. The fourth-order valence-electron chi connectivity index (χ4n) is 4.91. The second-order valence-corrected chi connectivity index (χ2v) is 10.5. The molecule has 2 fully saturated rings. The molecular formula is C25H34N8O5S. The largest absolute Gasteiger partial charge is 0.469 e. The molecule has 5 unspecified atom stereocenters. The summed E-state index contributed by atoms with van der Waals surface area (Å²) >= 11 is 1.58. The Bertz CT molecular complexity index is 1120. The van der Waals surface area contributed by atoms with E-state index in [1.807, 2.05) is 30.3 Å². The molecule has 39 heavy (non-hydrogen) atoms. The summed E-state index contributed by atoms with van der Waals surface area (Å²) in [5.41, 5.74) is 20.8. The lowest BCUT2D eigenvalue weighted by Gasteiger charge is -2.49. The summed E-state index contributed by atoms with van der Waals surface area (Å²) < 4.78 is 4.62. The first kappa shape index (κ1) is 29.8. The number of amides is 2. The number of ketones is 1.